The van der Waals surface area contributed by atoms with Gasteiger partial charge in [0.2, 0.25) is 5.91 Å². The minimum absolute atomic E-state index is 0. The van der Waals surface area contributed by atoms with E-state index >= 15 is 0 Å². The third-order valence-electron chi connectivity index (χ3n) is 7.41. The molecule has 0 aromatic heterocycles. The second-order valence-corrected chi connectivity index (χ2v) is 10.4. The molecule has 0 saturated carbocycles. The number of amides is 1. The SMILES string of the molecule is C.CNCc1ccccc1.COC(=O)c1ccc(/C(C=O)=C(/Nc2ccc3c(c2)CCN3C(=O)CC=O)c2ccccc2)c(C)c1. The van der Waals surface area contributed by atoms with Gasteiger partial charge >= 0.3 is 5.97 Å². The van der Waals surface area contributed by atoms with Crippen LogP contribution in [0.2, 0.25) is 0 Å². The Morgan fingerprint density at radius 2 is 1.59 bits per heavy atom. The number of hydrogen-bond donors (Lipinski definition) is 2. The fourth-order valence-electron chi connectivity index (χ4n) is 5.23. The minimum Gasteiger partial charge on any atom is -0.465 e. The molecule has 4 aromatic rings. The molecule has 0 radical (unpaired) electrons. The third kappa shape index (κ3) is 8.64. The van der Waals surface area contributed by atoms with E-state index in [2.05, 4.69) is 22.8 Å². The van der Waals surface area contributed by atoms with Gasteiger partial charge in [0.15, 0.2) is 6.29 Å². The van der Waals surface area contributed by atoms with Gasteiger partial charge in [-0.1, -0.05) is 74.2 Å². The third-order valence-corrected chi connectivity index (χ3v) is 7.41. The number of carbonyl (C=O) groups excluding carboxylic acids is 4. The molecule has 0 saturated heterocycles. The Morgan fingerprint density at radius 3 is 2.20 bits per heavy atom. The molecule has 46 heavy (non-hydrogen) atoms. The second kappa shape index (κ2) is 17.2. The van der Waals surface area contributed by atoms with Crippen LogP contribution in [-0.4, -0.2) is 45.2 Å². The number of hydrogen-bond acceptors (Lipinski definition) is 7. The molecule has 0 fully saturated rings. The zero-order chi connectivity index (χ0) is 32.2. The van der Waals surface area contributed by atoms with Crippen LogP contribution in [0.5, 0.6) is 0 Å². The minimum atomic E-state index is -0.443. The van der Waals surface area contributed by atoms with E-state index in [4.69, 9.17) is 4.74 Å². The Kier molecular flexibility index (Phi) is 13.2. The van der Waals surface area contributed by atoms with Gasteiger partial charge in [-0.15, -0.1) is 0 Å². The van der Waals surface area contributed by atoms with Crippen LogP contribution in [0.1, 0.15) is 52.0 Å². The van der Waals surface area contributed by atoms with Crippen LogP contribution in [0, 0.1) is 6.92 Å². The molecule has 4 aromatic carbocycles. The number of rotatable bonds is 10. The molecule has 1 heterocycles. The number of aldehydes is 2. The van der Waals surface area contributed by atoms with Gasteiger partial charge in [-0.25, -0.2) is 4.79 Å². The molecule has 0 spiro atoms. The van der Waals surface area contributed by atoms with Crippen molar-refractivity contribution >= 4 is 47.1 Å². The van der Waals surface area contributed by atoms with Crippen LogP contribution in [0.4, 0.5) is 11.4 Å². The molecule has 1 amide bonds. The van der Waals surface area contributed by atoms with Crippen molar-refractivity contribution in [2.45, 2.75) is 33.7 Å². The van der Waals surface area contributed by atoms with E-state index in [0.29, 0.717) is 41.6 Å². The highest BCUT2D eigenvalue weighted by atomic mass is 16.5. The summed E-state index contributed by atoms with van der Waals surface area (Å²) in [6.45, 7) is 3.33. The topological polar surface area (TPSA) is 105 Å². The number of nitrogens with one attached hydrogen (secondary N) is 2. The first-order valence-electron chi connectivity index (χ1n) is 14.7. The summed E-state index contributed by atoms with van der Waals surface area (Å²) in [6, 6.07) is 30.6. The average molecular weight is 620 g/mol. The highest BCUT2D eigenvalue weighted by molar-refractivity contribution is 6.19. The summed E-state index contributed by atoms with van der Waals surface area (Å²) in [5.74, 6) is -0.662. The fraction of sp³-hybridized carbons (Fsp3) is 0.211. The van der Waals surface area contributed by atoms with Gasteiger partial charge in [0.05, 0.1) is 24.8 Å². The molecule has 1 aliphatic rings. The average Bonchev–Trinajstić information content (AvgIpc) is 3.50. The van der Waals surface area contributed by atoms with Crippen molar-refractivity contribution in [3.8, 4) is 0 Å². The largest absolute Gasteiger partial charge is 0.465 e. The number of esters is 1. The lowest BCUT2D eigenvalue weighted by Crippen LogP contribution is -2.28. The molecule has 1 aliphatic heterocycles. The Balaban J connectivity index is 0.000000497. The molecule has 8 heteroatoms. The fourth-order valence-corrected chi connectivity index (χ4v) is 5.23. The van der Waals surface area contributed by atoms with Crippen molar-refractivity contribution < 1.29 is 23.9 Å². The van der Waals surface area contributed by atoms with Gasteiger partial charge < -0.3 is 25.1 Å². The van der Waals surface area contributed by atoms with E-state index < -0.39 is 5.97 Å². The maximum atomic E-state index is 12.4. The van der Waals surface area contributed by atoms with Gasteiger partial charge in [-0.2, -0.15) is 0 Å². The summed E-state index contributed by atoms with van der Waals surface area (Å²) in [5, 5.41) is 6.50. The molecule has 0 atom stereocenters. The zero-order valence-corrected chi connectivity index (χ0v) is 25.7. The first-order valence-corrected chi connectivity index (χ1v) is 14.7. The van der Waals surface area contributed by atoms with E-state index in [1.807, 2.05) is 80.7 Å². The van der Waals surface area contributed by atoms with Crippen LogP contribution in [0.25, 0.3) is 11.3 Å². The Bertz CT molecular complexity index is 1680. The quantitative estimate of drug-likeness (QED) is 0.0688. The molecule has 238 valence electrons. The highest BCUT2D eigenvalue weighted by Gasteiger charge is 2.25. The summed E-state index contributed by atoms with van der Waals surface area (Å²) in [6.07, 6.45) is 1.96. The van der Waals surface area contributed by atoms with Crippen molar-refractivity contribution in [2.75, 3.05) is 30.9 Å². The van der Waals surface area contributed by atoms with Crippen molar-refractivity contribution in [3.05, 3.63) is 130 Å². The molecule has 5 rings (SSSR count). The van der Waals surface area contributed by atoms with Crippen molar-refractivity contribution in [1.29, 1.82) is 0 Å². The molecule has 0 unspecified atom stereocenters. The van der Waals surface area contributed by atoms with Crippen LogP contribution in [-0.2, 0) is 32.1 Å². The number of allylic oxidation sites excluding steroid dienone is 1. The monoisotopic (exact) mass is 619 g/mol. The van der Waals surface area contributed by atoms with E-state index in [9.17, 15) is 19.2 Å². The van der Waals surface area contributed by atoms with Crippen LogP contribution >= 0.6 is 0 Å². The maximum Gasteiger partial charge on any atom is 0.337 e. The number of anilines is 2. The normalized spacial score (nSPS) is 11.9. The predicted molar refractivity (Wildman–Crippen MR) is 185 cm³/mol. The second-order valence-electron chi connectivity index (χ2n) is 10.4. The molecule has 0 bridgehead atoms. The van der Waals surface area contributed by atoms with Crippen molar-refractivity contribution in [1.82, 2.24) is 5.32 Å². The highest BCUT2D eigenvalue weighted by Crippen LogP contribution is 2.34. The maximum absolute atomic E-state index is 12.4. The van der Waals surface area contributed by atoms with Gasteiger partial charge in [0.1, 0.15) is 6.29 Å². The number of methoxy groups -OCH3 is 1. The van der Waals surface area contributed by atoms with Crippen LogP contribution in [0.15, 0.2) is 97.1 Å². The van der Waals surface area contributed by atoms with E-state index in [1.165, 1.54) is 12.7 Å². The predicted octanol–water partition coefficient (Wildman–Crippen LogP) is 6.48. The Labute approximate surface area is 271 Å². The number of ether oxygens (including phenoxy) is 1. The van der Waals surface area contributed by atoms with Gasteiger partial charge in [0, 0.05) is 30.0 Å². The Hall–Kier alpha value is -5.34. The van der Waals surface area contributed by atoms with E-state index in [0.717, 1.165) is 40.9 Å². The summed E-state index contributed by atoms with van der Waals surface area (Å²) < 4.78 is 4.81. The molecule has 8 nitrogen and oxygen atoms in total. The van der Waals surface area contributed by atoms with Crippen molar-refractivity contribution in [3.63, 3.8) is 0 Å². The Morgan fingerprint density at radius 1 is 0.891 bits per heavy atom. The molecule has 2 N–H and O–H groups in total. The standard InChI is InChI=1S/C29H26N2O5.C8H11N.CH4/c1-19-16-22(29(35)36-2)8-10-24(19)25(18-33)28(20-6-4-3-5-7-20)30-23-9-11-26-21(17-23)12-14-31(26)27(34)13-15-32;1-9-7-8-5-3-2-4-6-8;/h3-11,15-18,30H,12-14H2,1-2H3;2-6,9H,7H2,1H3;1H4/b28-25+;;. The zero-order valence-electron chi connectivity index (χ0n) is 25.7. The summed E-state index contributed by atoms with van der Waals surface area (Å²) in [7, 11) is 3.28. The summed E-state index contributed by atoms with van der Waals surface area (Å²) in [4.78, 5) is 49.1. The lowest BCUT2D eigenvalue weighted by atomic mass is 9.95. The van der Waals surface area contributed by atoms with Crippen molar-refractivity contribution in [2.24, 2.45) is 0 Å². The number of nitrogens with zero attached hydrogens (tertiary/aromatic N) is 1. The van der Waals surface area contributed by atoms with Crippen LogP contribution < -0.4 is 15.5 Å². The van der Waals surface area contributed by atoms with E-state index in [-0.39, 0.29) is 19.8 Å². The summed E-state index contributed by atoms with van der Waals surface area (Å²) in [5.41, 5.74) is 7.61. The first kappa shape index (κ1) is 35.1. The van der Waals surface area contributed by atoms with E-state index in [1.54, 1.807) is 23.1 Å². The number of benzene rings is 4. The van der Waals surface area contributed by atoms with Gasteiger partial charge in [0.25, 0.3) is 0 Å². The molecular weight excluding hydrogens is 578 g/mol. The number of aryl methyl sites for hydroxylation is 1. The molecule has 0 aliphatic carbocycles. The van der Waals surface area contributed by atoms with Crippen LogP contribution in [0.3, 0.4) is 0 Å². The number of fused-ring (bicyclic) bond motifs is 1. The lowest BCUT2D eigenvalue weighted by molar-refractivity contribution is -0.121. The van der Waals surface area contributed by atoms with Gasteiger partial charge in [-0.05, 0) is 78.5 Å². The first-order chi connectivity index (χ1) is 21.9. The summed E-state index contributed by atoms with van der Waals surface area (Å²) >= 11 is 0. The lowest BCUT2D eigenvalue weighted by Gasteiger charge is -2.19. The number of carbonyl (C=O) groups is 4. The van der Waals surface area contributed by atoms with Gasteiger partial charge in [-0.3, -0.25) is 9.59 Å². The smallest absolute Gasteiger partial charge is 0.337 e. The molecular formula is C38H41N3O5.